The second-order valence-electron chi connectivity index (χ2n) is 9.56. The Balaban J connectivity index is 0.00000380. The van der Waals surface area contributed by atoms with Crippen LogP contribution in [0.4, 0.5) is 5.69 Å². The highest BCUT2D eigenvalue weighted by Crippen LogP contribution is 2.53. The van der Waals surface area contributed by atoms with E-state index in [1.165, 1.54) is 25.1 Å². The number of aromatic hydroxyl groups is 1. The smallest absolute Gasteiger partial charge is 0.255 e. The fourth-order valence-electron chi connectivity index (χ4n) is 5.55. The zero-order valence-electron chi connectivity index (χ0n) is 20.1. The van der Waals surface area contributed by atoms with E-state index in [1.54, 1.807) is 13.0 Å². The van der Waals surface area contributed by atoms with Gasteiger partial charge in [0, 0.05) is 11.5 Å². The van der Waals surface area contributed by atoms with Crippen molar-refractivity contribution < 1.29 is 39.6 Å². The summed E-state index contributed by atoms with van der Waals surface area (Å²) >= 11 is 3.13. The zero-order valence-corrected chi connectivity index (χ0v) is 23.4. The zero-order chi connectivity index (χ0) is 26.9. The van der Waals surface area contributed by atoms with E-state index in [2.05, 4.69) is 21.2 Å². The number of hydrogen-bond donors (Lipinski definition) is 6. The summed E-state index contributed by atoms with van der Waals surface area (Å²) in [7, 11) is 3.07. The van der Waals surface area contributed by atoms with Gasteiger partial charge in [-0.3, -0.25) is 24.1 Å². The number of primary amides is 1. The number of carbonyl (C=O) groups is 4. The fraction of sp³-hybridized carbons (Fsp3) is 0.417. The molecule has 0 saturated heterocycles. The summed E-state index contributed by atoms with van der Waals surface area (Å²) in [6.07, 6.45) is 0.178. The molecule has 0 bridgehead atoms. The number of halogens is 2. The molecule has 0 radical (unpaired) electrons. The molecule has 0 heterocycles. The number of benzene rings is 1. The molecule has 1 fully saturated rings. The monoisotopic (exact) mass is 643 g/mol. The number of fused-ring (bicyclic) bond motifs is 3. The number of aliphatic hydroxyl groups is 3. The molecule has 37 heavy (non-hydrogen) atoms. The van der Waals surface area contributed by atoms with Crippen molar-refractivity contribution >= 4 is 67.7 Å². The Morgan fingerprint density at radius 1 is 1.22 bits per heavy atom. The number of anilines is 1. The van der Waals surface area contributed by atoms with Gasteiger partial charge in [-0.2, -0.15) is 0 Å². The van der Waals surface area contributed by atoms with Crippen molar-refractivity contribution in [2.24, 2.45) is 17.6 Å². The molecule has 1 aromatic carbocycles. The van der Waals surface area contributed by atoms with Gasteiger partial charge in [0.1, 0.15) is 22.8 Å². The van der Waals surface area contributed by atoms with E-state index in [0.29, 0.717) is 5.56 Å². The molecular formula is C24H27Br2N3O8. The summed E-state index contributed by atoms with van der Waals surface area (Å²) in [5.41, 5.74) is 1.89. The van der Waals surface area contributed by atoms with Gasteiger partial charge in [-0.25, -0.2) is 0 Å². The maximum atomic E-state index is 13.8. The molecule has 5 atom stereocenters. The molecule has 0 aromatic heterocycles. The van der Waals surface area contributed by atoms with E-state index in [1.807, 2.05) is 0 Å². The minimum absolute atomic E-state index is 0. The van der Waals surface area contributed by atoms with Gasteiger partial charge >= 0.3 is 0 Å². The number of Topliss-reactive ketones (excluding diaryl/α,β-unsaturated/α-hetero) is 2. The number of nitrogens with one attached hydrogen (secondary N) is 1. The van der Waals surface area contributed by atoms with Crippen LogP contribution in [0.1, 0.15) is 24.5 Å². The number of nitrogens with two attached hydrogens (primary N) is 1. The summed E-state index contributed by atoms with van der Waals surface area (Å²) in [5.74, 6) is -7.67. The highest BCUT2D eigenvalue weighted by Gasteiger charge is 2.64. The third-order valence-electron chi connectivity index (χ3n) is 7.21. The molecule has 0 aliphatic heterocycles. The summed E-state index contributed by atoms with van der Waals surface area (Å²) in [6, 6.07) is 1.93. The van der Waals surface area contributed by atoms with Crippen molar-refractivity contribution in [2.75, 3.05) is 19.4 Å². The number of hydrogen-bond acceptors (Lipinski definition) is 9. The predicted molar refractivity (Wildman–Crippen MR) is 142 cm³/mol. The number of likely N-dealkylation sites (N-methyl/N-ethyl adjacent to an activating group) is 1. The third kappa shape index (κ3) is 4.17. The topological polar surface area (TPSA) is 190 Å². The molecule has 3 unspecified atom stereocenters. The van der Waals surface area contributed by atoms with Gasteiger partial charge in [-0.1, -0.05) is 22.0 Å². The normalized spacial score (nSPS) is 27.7. The number of ketones is 2. The van der Waals surface area contributed by atoms with Gasteiger partial charge in [-0.05, 0) is 51.4 Å². The van der Waals surface area contributed by atoms with Crippen molar-refractivity contribution in [2.45, 2.75) is 36.2 Å². The van der Waals surface area contributed by atoms with E-state index in [9.17, 15) is 39.6 Å². The van der Waals surface area contributed by atoms with Crippen LogP contribution in [0, 0.1) is 11.8 Å². The van der Waals surface area contributed by atoms with E-state index in [4.69, 9.17) is 5.73 Å². The van der Waals surface area contributed by atoms with Gasteiger partial charge in [-0.15, -0.1) is 17.0 Å². The fourth-order valence-corrected chi connectivity index (χ4v) is 5.67. The Bertz CT molecular complexity index is 1290. The highest BCUT2D eigenvalue weighted by atomic mass is 79.9. The van der Waals surface area contributed by atoms with Gasteiger partial charge < -0.3 is 31.5 Å². The van der Waals surface area contributed by atoms with Crippen molar-refractivity contribution in [1.82, 2.24) is 4.90 Å². The number of amides is 2. The number of alkyl halides is 1. The van der Waals surface area contributed by atoms with E-state index in [-0.39, 0.29) is 46.6 Å². The molecule has 1 aromatic rings. The highest BCUT2D eigenvalue weighted by molar-refractivity contribution is 9.10. The molecule has 0 spiro atoms. The molecule has 7 N–H and O–H groups in total. The van der Waals surface area contributed by atoms with Crippen LogP contribution in [0.5, 0.6) is 5.75 Å². The molecule has 200 valence electrons. The SMILES string of the molecule is Br.CC(Br)C(=O)Nc1ccc2c(c1O)C(O)=C1C(=O)[C@]3(O)C(O)=C(C(N)=O)C(=O)[C@@H](N(C)C)C3CC1C2. The van der Waals surface area contributed by atoms with Crippen LogP contribution in [0.2, 0.25) is 0 Å². The second kappa shape index (κ2) is 9.86. The number of aliphatic hydroxyl groups excluding tert-OH is 2. The minimum Gasteiger partial charge on any atom is -0.508 e. The lowest BCUT2D eigenvalue weighted by Gasteiger charge is -2.50. The maximum absolute atomic E-state index is 13.8. The summed E-state index contributed by atoms with van der Waals surface area (Å²) in [4.78, 5) is 51.8. The molecule has 11 nitrogen and oxygen atoms in total. The number of phenols is 1. The van der Waals surface area contributed by atoms with Crippen LogP contribution in [0.15, 0.2) is 29.0 Å². The van der Waals surface area contributed by atoms with E-state index < -0.39 is 74.5 Å². The summed E-state index contributed by atoms with van der Waals surface area (Å²) in [6.45, 7) is 1.59. The van der Waals surface area contributed by atoms with Crippen LogP contribution in [0.3, 0.4) is 0 Å². The Morgan fingerprint density at radius 3 is 2.38 bits per heavy atom. The van der Waals surface area contributed by atoms with Gasteiger partial charge in [0.15, 0.2) is 11.4 Å². The summed E-state index contributed by atoms with van der Waals surface area (Å²) < 4.78 is 0. The first-order valence-electron chi connectivity index (χ1n) is 11.2. The molecule has 3 aliphatic carbocycles. The van der Waals surface area contributed by atoms with Gasteiger partial charge in [0.2, 0.25) is 11.7 Å². The second-order valence-corrected chi connectivity index (χ2v) is 10.9. The lowest BCUT2D eigenvalue weighted by Crippen LogP contribution is -2.65. The molecule has 1 saturated carbocycles. The number of rotatable bonds is 4. The maximum Gasteiger partial charge on any atom is 0.255 e. The minimum atomic E-state index is -2.70. The van der Waals surface area contributed by atoms with Crippen molar-refractivity contribution in [3.8, 4) is 5.75 Å². The molecule has 3 aliphatic rings. The first-order chi connectivity index (χ1) is 16.7. The predicted octanol–water partition coefficient (Wildman–Crippen LogP) is 1.26. The molecular weight excluding hydrogens is 618 g/mol. The molecule has 2 amide bonds. The molecule has 4 rings (SSSR count). The quantitative estimate of drug-likeness (QED) is 0.159. The van der Waals surface area contributed by atoms with Crippen LogP contribution in [-0.4, -0.2) is 79.3 Å². The third-order valence-corrected chi connectivity index (χ3v) is 7.63. The van der Waals surface area contributed by atoms with E-state index >= 15 is 0 Å². The largest absolute Gasteiger partial charge is 0.508 e. The Kier molecular flexibility index (Phi) is 7.68. The van der Waals surface area contributed by atoms with Crippen LogP contribution < -0.4 is 11.1 Å². The number of nitrogens with zero attached hydrogens (tertiary/aromatic N) is 1. The van der Waals surface area contributed by atoms with Gasteiger partial charge in [0.25, 0.3) is 5.91 Å². The van der Waals surface area contributed by atoms with Crippen molar-refractivity contribution in [3.63, 3.8) is 0 Å². The lowest BCUT2D eigenvalue weighted by molar-refractivity contribution is -0.153. The van der Waals surface area contributed by atoms with E-state index in [0.717, 1.165) is 0 Å². The average Bonchev–Trinajstić information content (AvgIpc) is 2.77. The standard InChI is InChI=1S/C24H26BrN3O8.BrH/c1-8(25)23(35)27-12-5-4-9-6-10-7-11-16(28(2)3)19(31)15(22(26)34)21(33)24(11,36)20(32)14(10)18(30)13(9)17(12)29;/h4-5,8,10-11,16,29-30,33,36H,6-7H2,1-3H3,(H2,26,34)(H,27,35);1H/t8?,10?,11?,16-,24-;/m0./s1. The summed E-state index contributed by atoms with van der Waals surface area (Å²) in [5, 5.41) is 46.9. The van der Waals surface area contributed by atoms with Crippen LogP contribution in [-0.2, 0) is 25.6 Å². The van der Waals surface area contributed by atoms with Crippen molar-refractivity contribution in [1.29, 1.82) is 0 Å². The van der Waals surface area contributed by atoms with Crippen LogP contribution >= 0.6 is 32.9 Å². The Hall–Kier alpha value is -2.74. The average molecular weight is 645 g/mol. The first kappa shape index (κ1) is 28.8. The Labute approximate surface area is 230 Å². The first-order valence-corrected chi connectivity index (χ1v) is 12.1. The molecule has 13 heteroatoms. The number of carbonyl (C=O) groups excluding carboxylic acids is 4. The van der Waals surface area contributed by atoms with Crippen molar-refractivity contribution in [3.05, 3.63) is 40.2 Å². The Morgan fingerprint density at radius 2 is 1.84 bits per heavy atom. The number of phenolic OH excluding ortho intramolecular Hbond substituents is 1. The van der Waals surface area contributed by atoms with Crippen LogP contribution in [0.25, 0.3) is 5.76 Å². The lowest BCUT2D eigenvalue weighted by atomic mass is 9.57. The van der Waals surface area contributed by atoms with Gasteiger partial charge in [0.05, 0.1) is 22.1 Å².